The van der Waals surface area contributed by atoms with Crippen LogP contribution in [0.25, 0.3) is 0 Å². The minimum atomic E-state index is -0.307. The van der Waals surface area contributed by atoms with Gasteiger partial charge in [-0.1, -0.05) is 6.07 Å². The molecule has 2 aliphatic heterocycles. The van der Waals surface area contributed by atoms with E-state index >= 15 is 0 Å². The van der Waals surface area contributed by atoms with Gasteiger partial charge < -0.3 is 14.4 Å². The van der Waals surface area contributed by atoms with E-state index in [2.05, 4.69) is 9.97 Å². The van der Waals surface area contributed by atoms with Gasteiger partial charge in [-0.05, 0) is 25.8 Å². The summed E-state index contributed by atoms with van der Waals surface area (Å²) in [5.74, 6) is 0.621. The highest BCUT2D eigenvalue weighted by Crippen LogP contribution is 2.36. The second kappa shape index (κ2) is 6.72. The van der Waals surface area contributed by atoms with Gasteiger partial charge in [0.15, 0.2) is 0 Å². The molecule has 1 amide bonds. The van der Waals surface area contributed by atoms with Gasteiger partial charge in [0.05, 0.1) is 23.8 Å². The molecule has 0 bridgehead atoms. The fraction of sp³-hybridized carbons (Fsp3) is 0.500. The molecule has 0 aliphatic carbocycles. The molecule has 2 fully saturated rings. The van der Waals surface area contributed by atoms with Gasteiger partial charge in [-0.2, -0.15) is 0 Å². The average molecular weight is 359 g/mol. The lowest BCUT2D eigenvalue weighted by Gasteiger charge is -2.39. The molecule has 0 radical (unpaired) electrons. The number of hydrogen-bond donors (Lipinski definition) is 0. The van der Waals surface area contributed by atoms with Crippen LogP contribution in [0, 0.1) is 6.92 Å². The van der Waals surface area contributed by atoms with Crippen LogP contribution in [0.2, 0.25) is 0 Å². The van der Waals surface area contributed by atoms with Crippen molar-refractivity contribution in [3.63, 3.8) is 0 Å². The summed E-state index contributed by atoms with van der Waals surface area (Å²) >= 11 is 1.51. The van der Waals surface area contributed by atoms with E-state index in [4.69, 9.17) is 9.47 Å². The summed E-state index contributed by atoms with van der Waals surface area (Å²) in [5, 5.41) is 2.75. The smallest absolute Gasteiger partial charge is 0.273 e. The number of amides is 1. The number of rotatable bonds is 3. The van der Waals surface area contributed by atoms with Gasteiger partial charge >= 0.3 is 0 Å². The van der Waals surface area contributed by atoms with Crippen molar-refractivity contribution in [1.29, 1.82) is 0 Å². The normalized spacial score (nSPS) is 26.1. The van der Waals surface area contributed by atoms with Crippen LogP contribution < -0.4 is 4.74 Å². The maximum atomic E-state index is 12.7. The van der Waals surface area contributed by atoms with Gasteiger partial charge in [-0.15, -0.1) is 11.3 Å². The van der Waals surface area contributed by atoms with Crippen molar-refractivity contribution in [1.82, 2.24) is 14.9 Å². The van der Waals surface area contributed by atoms with Crippen molar-refractivity contribution in [3.8, 4) is 5.88 Å². The molecule has 1 spiro atoms. The van der Waals surface area contributed by atoms with Crippen molar-refractivity contribution < 1.29 is 14.3 Å². The minimum absolute atomic E-state index is 0.00104. The van der Waals surface area contributed by atoms with Crippen LogP contribution in [0.4, 0.5) is 0 Å². The van der Waals surface area contributed by atoms with E-state index in [1.54, 1.807) is 6.20 Å². The summed E-state index contributed by atoms with van der Waals surface area (Å²) in [4.78, 5) is 23.1. The molecule has 25 heavy (non-hydrogen) atoms. The van der Waals surface area contributed by atoms with Crippen molar-refractivity contribution >= 4 is 17.2 Å². The van der Waals surface area contributed by atoms with Gasteiger partial charge in [0, 0.05) is 30.6 Å². The number of pyridine rings is 1. The quantitative estimate of drug-likeness (QED) is 0.843. The van der Waals surface area contributed by atoms with E-state index in [-0.39, 0.29) is 17.6 Å². The Morgan fingerprint density at radius 3 is 3.16 bits per heavy atom. The van der Waals surface area contributed by atoms with Crippen molar-refractivity contribution in [2.24, 2.45) is 0 Å². The van der Waals surface area contributed by atoms with Crippen LogP contribution in [0.5, 0.6) is 5.88 Å². The minimum Gasteiger partial charge on any atom is -0.472 e. The van der Waals surface area contributed by atoms with Gasteiger partial charge in [-0.3, -0.25) is 4.79 Å². The van der Waals surface area contributed by atoms with Gasteiger partial charge in [0.1, 0.15) is 11.8 Å². The fourth-order valence-electron chi connectivity index (χ4n) is 3.65. The third-order valence-electron chi connectivity index (χ3n) is 4.77. The van der Waals surface area contributed by atoms with Crippen molar-refractivity contribution in [2.75, 3.05) is 19.7 Å². The van der Waals surface area contributed by atoms with Gasteiger partial charge in [0.25, 0.3) is 5.91 Å². The predicted octanol–water partition coefficient (Wildman–Crippen LogP) is 2.69. The number of piperidine rings is 1. The summed E-state index contributed by atoms with van der Waals surface area (Å²) in [5.41, 5.74) is 0.233. The second-order valence-electron chi connectivity index (χ2n) is 6.69. The maximum Gasteiger partial charge on any atom is 0.273 e. The molecule has 0 N–H and O–H groups in total. The highest BCUT2D eigenvalue weighted by atomic mass is 32.1. The third kappa shape index (κ3) is 3.52. The summed E-state index contributed by atoms with van der Waals surface area (Å²) in [7, 11) is 0. The molecule has 7 heteroatoms. The van der Waals surface area contributed by atoms with Gasteiger partial charge in [-0.25, -0.2) is 9.97 Å². The Morgan fingerprint density at radius 2 is 2.40 bits per heavy atom. The van der Waals surface area contributed by atoms with E-state index in [0.29, 0.717) is 24.7 Å². The number of nitrogens with zero attached hydrogens (tertiary/aromatic N) is 3. The van der Waals surface area contributed by atoms with Gasteiger partial charge in [0.2, 0.25) is 5.88 Å². The SMILES string of the molecule is Cc1nc(C(=O)N2CCC[C@]3(C[C@@H](Oc4ccccn4)CO3)C2)cs1. The zero-order valence-corrected chi connectivity index (χ0v) is 15.0. The summed E-state index contributed by atoms with van der Waals surface area (Å²) < 4.78 is 12.1. The second-order valence-corrected chi connectivity index (χ2v) is 7.75. The van der Waals surface area contributed by atoms with Crippen LogP contribution in [0.3, 0.4) is 0 Å². The number of aromatic nitrogens is 2. The van der Waals surface area contributed by atoms with E-state index < -0.39 is 0 Å². The van der Waals surface area contributed by atoms with Crippen LogP contribution >= 0.6 is 11.3 Å². The molecule has 0 unspecified atom stereocenters. The van der Waals surface area contributed by atoms with E-state index in [1.165, 1.54) is 11.3 Å². The van der Waals surface area contributed by atoms with Crippen LogP contribution in [-0.4, -0.2) is 52.2 Å². The monoisotopic (exact) mass is 359 g/mol. The van der Waals surface area contributed by atoms with E-state index in [1.807, 2.05) is 35.4 Å². The molecular weight excluding hydrogens is 338 g/mol. The molecule has 0 aromatic carbocycles. The molecule has 2 saturated heterocycles. The van der Waals surface area contributed by atoms with E-state index in [9.17, 15) is 4.79 Å². The number of thiazole rings is 1. The number of carbonyl (C=O) groups excluding carboxylic acids is 1. The van der Waals surface area contributed by atoms with Crippen LogP contribution in [-0.2, 0) is 4.74 Å². The summed E-state index contributed by atoms with van der Waals surface area (Å²) in [6, 6.07) is 5.63. The number of likely N-dealkylation sites (tertiary alicyclic amines) is 1. The first kappa shape index (κ1) is 16.5. The maximum absolute atomic E-state index is 12.7. The Morgan fingerprint density at radius 1 is 1.48 bits per heavy atom. The molecule has 132 valence electrons. The number of carbonyl (C=O) groups is 1. The highest BCUT2D eigenvalue weighted by molar-refractivity contribution is 7.09. The number of ether oxygens (including phenoxy) is 2. The molecule has 4 rings (SSSR count). The van der Waals surface area contributed by atoms with Crippen molar-refractivity contribution in [2.45, 2.75) is 37.9 Å². The Bertz CT molecular complexity index is 751. The molecule has 2 aromatic rings. The Balaban J connectivity index is 1.41. The first-order valence-corrected chi connectivity index (χ1v) is 9.45. The molecule has 2 atom stereocenters. The van der Waals surface area contributed by atoms with E-state index in [0.717, 1.165) is 30.8 Å². The van der Waals surface area contributed by atoms with Crippen molar-refractivity contribution in [3.05, 3.63) is 40.5 Å². The number of hydrogen-bond acceptors (Lipinski definition) is 6. The van der Waals surface area contributed by atoms with Crippen LogP contribution in [0.1, 0.15) is 34.8 Å². The molecule has 4 heterocycles. The zero-order valence-electron chi connectivity index (χ0n) is 14.2. The largest absolute Gasteiger partial charge is 0.472 e. The van der Waals surface area contributed by atoms with Crippen LogP contribution in [0.15, 0.2) is 29.8 Å². The third-order valence-corrected chi connectivity index (χ3v) is 5.54. The summed E-state index contributed by atoms with van der Waals surface area (Å²) in [6.07, 6.45) is 4.37. The topological polar surface area (TPSA) is 64.6 Å². The average Bonchev–Trinajstić information content (AvgIpc) is 3.22. The molecule has 0 saturated carbocycles. The fourth-order valence-corrected chi connectivity index (χ4v) is 4.23. The Labute approximate surface area is 150 Å². The first-order chi connectivity index (χ1) is 12.1. The number of aryl methyl sites for hydroxylation is 1. The first-order valence-electron chi connectivity index (χ1n) is 8.57. The molecule has 6 nitrogen and oxygen atoms in total. The predicted molar refractivity (Wildman–Crippen MR) is 93.9 cm³/mol. The standard InChI is InChI=1S/C18H21N3O3S/c1-13-20-15(11-25-13)17(22)21-8-4-6-18(12-21)9-14(10-23-18)24-16-5-2-3-7-19-16/h2-3,5,7,11,14H,4,6,8-10,12H2,1H3/t14-,18+/m1/s1. The molecule has 2 aliphatic rings. The lowest BCUT2D eigenvalue weighted by atomic mass is 9.89. The molecular formula is C18H21N3O3S. The lowest BCUT2D eigenvalue weighted by Crippen LogP contribution is -2.50. The Hall–Kier alpha value is -1.99. The Kier molecular flexibility index (Phi) is 4.43. The zero-order chi connectivity index (χ0) is 17.3. The summed E-state index contributed by atoms with van der Waals surface area (Å²) in [6.45, 7) is 3.81. The molecule has 2 aromatic heterocycles. The lowest BCUT2D eigenvalue weighted by molar-refractivity contribution is -0.0454. The highest BCUT2D eigenvalue weighted by Gasteiger charge is 2.45.